The van der Waals surface area contributed by atoms with Crippen LogP contribution in [0.15, 0.2) is 18.2 Å². The number of rotatable bonds is 1. The lowest BCUT2D eigenvalue weighted by atomic mass is 10.1. The van der Waals surface area contributed by atoms with Crippen molar-refractivity contribution in [1.82, 2.24) is 9.97 Å². The van der Waals surface area contributed by atoms with Gasteiger partial charge in [-0.2, -0.15) is 0 Å². The van der Waals surface area contributed by atoms with Crippen LogP contribution in [-0.4, -0.2) is 9.97 Å². The first-order valence-corrected chi connectivity index (χ1v) is 5.71. The van der Waals surface area contributed by atoms with E-state index >= 15 is 0 Å². The van der Waals surface area contributed by atoms with Crippen molar-refractivity contribution in [2.24, 2.45) is 0 Å². The maximum atomic E-state index is 13.0. The molecule has 0 unspecified atom stereocenters. The van der Waals surface area contributed by atoms with Crippen molar-refractivity contribution in [3.63, 3.8) is 0 Å². The minimum atomic E-state index is -0.381. The standard InChI is InChI=1S/C12H9Cl2FN2/c1-6-11(16-7(2)17-12(6)14)9-4-3-8(15)5-10(9)13/h3-5H,1-2H3. The van der Waals surface area contributed by atoms with Crippen LogP contribution in [0.25, 0.3) is 11.3 Å². The average Bonchev–Trinajstić information content (AvgIpc) is 2.24. The predicted molar refractivity (Wildman–Crippen MR) is 66.9 cm³/mol. The molecule has 0 atom stereocenters. The zero-order valence-corrected chi connectivity index (χ0v) is 10.8. The van der Waals surface area contributed by atoms with Gasteiger partial charge in [-0.25, -0.2) is 14.4 Å². The first-order valence-electron chi connectivity index (χ1n) is 4.95. The fraction of sp³-hybridized carbons (Fsp3) is 0.167. The van der Waals surface area contributed by atoms with Crippen LogP contribution in [0.2, 0.25) is 10.2 Å². The Labute approximate surface area is 108 Å². The Bertz CT molecular complexity index is 585. The number of hydrogen-bond donors (Lipinski definition) is 0. The van der Waals surface area contributed by atoms with Gasteiger partial charge in [0.1, 0.15) is 16.8 Å². The molecule has 0 aliphatic heterocycles. The van der Waals surface area contributed by atoms with E-state index in [2.05, 4.69) is 9.97 Å². The minimum Gasteiger partial charge on any atom is -0.233 e. The van der Waals surface area contributed by atoms with Crippen molar-refractivity contribution >= 4 is 23.2 Å². The molecular formula is C12H9Cl2FN2. The van der Waals surface area contributed by atoms with E-state index < -0.39 is 0 Å². The molecule has 1 aromatic heterocycles. The molecule has 2 aromatic rings. The molecule has 1 aromatic carbocycles. The monoisotopic (exact) mass is 270 g/mol. The molecule has 0 bridgehead atoms. The second-order valence-corrected chi connectivity index (χ2v) is 4.42. The molecule has 0 saturated heterocycles. The van der Waals surface area contributed by atoms with E-state index in [1.165, 1.54) is 12.1 Å². The van der Waals surface area contributed by atoms with Gasteiger partial charge < -0.3 is 0 Å². The maximum absolute atomic E-state index is 13.0. The summed E-state index contributed by atoms with van der Waals surface area (Å²) in [6, 6.07) is 4.18. The van der Waals surface area contributed by atoms with Gasteiger partial charge in [0.15, 0.2) is 0 Å². The summed E-state index contributed by atoms with van der Waals surface area (Å²) in [7, 11) is 0. The van der Waals surface area contributed by atoms with Crippen molar-refractivity contribution in [1.29, 1.82) is 0 Å². The molecule has 0 spiro atoms. The number of aromatic nitrogens is 2. The SMILES string of the molecule is Cc1nc(Cl)c(C)c(-c2ccc(F)cc2Cl)n1. The molecule has 0 amide bonds. The highest BCUT2D eigenvalue weighted by Gasteiger charge is 2.12. The van der Waals surface area contributed by atoms with Gasteiger partial charge in [0.25, 0.3) is 0 Å². The Hall–Kier alpha value is -1.19. The molecule has 0 aliphatic rings. The van der Waals surface area contributed by atoms with Crippen molar-refractivity contribution in [2.45, 2.75) is 13.8 Å². The third-order valence-corrected chi connectivity index (χ3v) is 3.07. The van der Waals surface area contributed by atoms with Gasteiger partial charge >= 0.3 is 0 Å². The second-order valence-electron chi connectivity index (χ2n) is 3.66. The highest BCUT2D eigenvalue weighted by atomic mass is 35.5. The van der Waals surface area contributed by atoms with Crippen LogP contribution >= 0.6 is 23.2 Å². The summed E-state index contributed by atoms with van der Waals surface area (Å²) in [5.74, 6) is 0.171. The van der Waals surface area contributed by atoms with Gasteiger partial charge in [0.2, 0.25) is 0 Å². The van der Waals surface area contributed by atoms with Crippen LogP contribution in [0, 0.1) is 19.7 Å². The Kier molecular flexibility index (Phi) is 3.31. The summed E-state index contributed by atoms with van der Waals surface area (Å²) >= 11 is 12.0. The molecule has 0 aliphatic carbocycles. The summed E-state index contributed by atoms with van der Waals surface area (Å²) in [6.07, 6.45) is 0. The quantitative estimate of drug-likeness (QED) is 0.726. The van der Waals surface area contributed by atoms with E-state index in [1.807, 2.05) is 0 Å². The Morgan fingerprint density at radius 1 is 1.12 bits per heavy atom. The van der Waals surface area contributed by atoms with E-state index in [-0.39, 0.29) is 5.82 Å². The fourth-order valence-electron chi connectivity index (χ4n) is 1.54. The molecule has 0 N–H and O–H groups in total. The van der Waals surface area contributed by atoms with Gasteiger partial charge in [0, 0.05) is 11.1 Å². The van der Waals surface area contributed by atoms with E-state index in [0.29, 0.717) is 27.3 Å². The van der Waals surface area contributed by atoms with Crippen LogP contribution in [-0.2, 0) is 0 Å². The summed E-state index contributed by atoms with van der Waals surface area (Å²) in [5, 5.41) is 0.690. The highest BCUT2D eigenvalue weighted by Crippen LogP contribution is 2.31. The highest BCUT2D eigenvalue weighted by molar-refractivity contribution is 6.33. The topological polar surface area (TPSA) is 25.8 Å². The molecular weight excluding hydrogens is 262 g/mol. The molecule has 0 fully saturated rings. The predicted octanol–water partition coefficient (Wildman–Crippen LogP) is 4.21. The summed E-state index contributed by atoms with van der Waals surface area (Å²) in [5.41, 5.74) is 2.01. The normalized spacial score (nSPS) is 10.6. The molecule has 5 heteroatoms. The van der Waals surface area contributed by atoms with Crippen molar-refractivity contribution < 1.29 is 4.39 Å². The van der Waals surface area contributed by atoms with Crippen LogP contribution in [0.5, 0.6) is 0 Å². The molecule has 1 heterocycles. The summed E-state index contributed by atoms with van der Waals surface area (Å²) in [4.78, 5) is 8.34. The van der Waals surface area contributed by atoms with Crippen molar-refractivity contribution in [3.8, 4) is 11.3 Å². The number of aryl methyl sites for hydroxylation is 1. The van der Waals surface area contributed by atoms with E-state index in [1.54, 1.807) is 19.9 Å². The van der Waals surface area contributed by atoms with Gasteiger partial charge in [-0.15, -0.1) is 0 Å². The van der Waals surface area contributed by atoms with Crippen molar-refractivity contribution in [3.05, 3.63) is 45.6 Å². The lowest BCUT2D eigenvalue weighted by Crippen LogP contribution is -1.97. The number of hydrogen-bond acceptors (Lipinski definition) is 2. The molecule has 0 saturated carbocycles. The molecule has 2 nitrogen and oxygen atoms in total. The van der Waals surface area contributed by atoms with Crippen LogP contribution in [0.4, 0.5) is 4.39 Å². The first-order chi connectivity index (χ1) is 7.99. The first kappa shape index (κ1) is 12.3. The summed E-state index contributed by atoms with van der Waals surface area (Å²) in [6.45, 7) is 3.54. The Morgan fingerprint density at radius 3 is 2.47 bits per heavy atom. The van der Waals surface area contributed by atoms with Gasteiger partial charge in [0.05, 0.1) is 10.7 Å². The molecule has 0 radical (unpaired) electrons. The smallest absolute Gasteiger partial charge is 0.136 e. The van der Waals surface area contributed by atoms with Crippen LogP contribution in [0.1, 0.15) is 11.4 Å². The number of benzene rings is 1. The fourth-order valence-corrected chi connectivity index (χ4v) is 2.01. The molecule has 17 heavy (non-hydrogen) atoms. The Balaban J connectivity index is 2.68. The largest absolute Gasteiger partial charge is 0.233 e. The maximum Gasteiger partial charge on any atom is 0.136 e. The molecule has 88 valence electrons. The number of halogens is 3. The van der Waals surface area contributed by atoms with E-state index in [4.69, 9.17) is 23.2 Å². The van der Waals surface area contributed by atoms with Crippen molar-refractivity contribution in [2.75, 3.05) is 0 Å². The number of nitrogens with zero attached hydrogens (tertiary/aromatic N) is 2. The summed E-state index contributed by atoms with van der Waals surface area (Å²) < 4.78 is 13.0. The van der Waals surface area contributed by atoms with Crippen LogP contribution < -0.4 is 0 Å². The minimum absolute atomic E-state index is 0.308. The van der Waals surface area contributed by atoms with Crippen LogP contribution in [0.3, 0.4) is 0 Å². The lowest BCUT2D eigenvalue weighted by molar-refractivity contribution is 0.628. The van der Waals surface area contributed by atoms with E-state index in [9.17, 15) is 4.39 Å². The second kappa shape index (κ2) is 4.59. The van der Waals surface area contributed by atoms with Gasteiger partial charge in [-0.3, -0.25) is 0 Å². The zero-order chi connectivity index (χ0) is 12.6. The van der Waals surface area contributed by atoms with Gasteiger partial charge in [-0.1, -0.05) is 23.2 Å². The van der Waals surface area contributed by atoms with E-state index in [0.717, 1.165) is 5.56 Å². The Morgan fingerprint density at radius 2 is 1.82 bits per heavy atom. The zero-order valence-electron chi connectivity index (χ0n) is 9.26. The average molecular weight is 271 g/mol. The third kappa shape index (κ3) is 2.40. The van der Waals surface area contributed by atoms with Gasteiger partial charge in [-0.05, 0) is 32.0 Å². The third-order valence-electron chi connectivity index (χ3n) is 2.38. The molecule has 2 rings (SSSR count). The lowest BCUT2D eigenvalue weighted by Gasteiger charge is -2.09.